The van der Waals surface area contributed by atoms with Crippen LogP contribution < -0.4 is 10.9 Å². The number of nitrogens with one attached hydrogen (secondary N) is 1. The molecule has 0 radical (unpaired) electrons. The van der Waals surface area contributed by atoms with Crippen LogP contribution in [0.4, 0.5) is 4.39 Å². The molecule has 0 aliphatic rings. The number of amides is 1. The summed E-state index contributed by atoms with van der Waals surface area (Å²) < 4.78 is 14.5. The zero-order chi connectivity index (χ0) is 21.0. The van der Waals surface area contributed by atoms with E-state index in [2.05, 4.69) is 15.4 Å². The molecule has 0 fully saturated rings. The molecular formula is C19H16ClFN4O4. The predicted octanol–water partition coefficient (Wildman–Crippen LogP) is 1.17. The SMILES string of the molecule is O=C(NC(CO)CO)c1cc(-c2ccc(Cl)cc2)nn(-c2cncc(F)c2)c1=O. The number of hydrogen-bond donors (Lipinski definition) is 3. The smallest absolute Gasteiger partial charge is 0.284 e. The summed E-state index contributed by atoms with van der Waals surface area (Å²) in [6.07, 6.45) is 2.20. The molecule has 0 unspecified atom stereocenters. The maximum Gasteiger partial charge on any atom is 0.284 e. The molecule has 0 bridgehead atoms. The molecule has 0 spiro atoms. The summed E-state index contributed by atoms with van der Waals surface area (Å²) in [5.41, 5.74) is -0.285. The van der Waals surface area contributed by atoms with E-state index >= 15 is 0 Å². The van der Waals surface area contributed by atoms with Crippen molar-refractivity contribution in [2.75, 3.05) is 13.2 Å². The highest BCUT2D eigenvalue weighted by atomic mass is 35.5. The number of rotatable bonds is 6. The molecule has 2 aromatic heterocycles. The maximum atomic E-state index is 13.6. The van der Waals surface area contributed by atoms with Crippen LogP contribution in [0.5, 0.6) is 0 Å². The van der Waals surface area contributed by atoms with Gasteiger partial charge in [0.1, 0.15) is 11.4 Å². The van der Waals surface area contributed by atoms with Gasteiger partial charge < -0.3 is 15.5 Å². The van der Waals surface area contributed by atoms with Crippen molar-refractivity contribution in [3.63, 3.8) is 0 Å². The molecule has 3 aromatic rings. The molecule has 0 aliphatic carbocycles. The molecule has 0 saturated heterocycles. The number of halogens is 2. The summed E-state index contributed by atoms with van der Waals surface area (Å²) in [7, 11) is 0. The third-order valence-corrected chi connectivity index (χ3v) is 4.26. The first-order valence-corrected chi connectivity index (χ1v) is 8.84. The number of pyridine rings is 1. The van der Waals surface area contributed by atoms with Gasteiger partial charge in [0, 0.05) is 16.7 Å². The molecule has 2 heterocycles. The van der Waals surface area contributed by atoms with Crippen LogP contribution in [0.3, 0.4) is 0 Å². The van der Waals surface area contributed by atoms with Crippen molar-refractivity contribution in [1.29, 1.82) is 0 Å². The van der Waals surface area contributed by atoms with Crippen molar-refractivity contribution in [2.24, 2.45) is 0 Å². The van der Waals surface area contributed by atoms with Gasteiger partial charge in [0.2, 0.25) is 0 Å². The fourth-order valence-corrected chi connectivity index (χ4v) is 2.65. The highest BCUT2D eigenvalue weighted by Crippen LogP contribution is 2.20. The van der Waals surface area contributed by atoms with Gasteiger partial charge in [0.25, 0.3) is 11.5 Å². The molecule has 3 rings (SSSR count). The van der Waals surface area contributed by atoms with Crippen LogP contribution in [0, 0.1) is 5.82 Å². The van der Waals surface area contributed by atoms with E-state index in [1.807, 2.05) is 0 Å². The van der Waals surface area contributed by atoms with Gasteiger partial charge >= 0.3 is 0 Å². The quantitative estimate of drug-likeness (QED) is 0.553. The summed E-state index contributed by atoms with van der Waals surface area (Å²) in [5, 5.41) is 25.4. The summed E-state index contributed by atoms with van der Waals surface area (Å²) in [6, 6.07) is 7.91. The monoisotopic (exact) mass is 418 g/mol. The van der Waals surface area contributed by atoms with E-state index in [0.29, 0.717) is 10.6 Å². The molecule has 0 saturated carbocycles. The Balaban J connectivity index is 2.17. The summed E-state index contributed by atoms with van der Waals surface area (Å²) in [5.74, 6) is -1.50. The Morgan fingerprint density at radius 2 is 1.86 bits per heavy atom. The first-order valence-electron chi connectivity index (χ1n) is 8.46. The van der Waals surface area contributed by atoms with Crippen molar-refractivity contribution in [3.05, 3.63) is 75.5 Å². The maximum absolute atomic E-state index is 13.6. The third kappa shape index (κ3) is 4.65. The molecule has 150 valence electrons. The molecule has 0 aliphatic heterocycles. The van der Waals surface area contributed by atoms with Crippen molar-refractivity contribution >= 4 is 17.5 Å². The molecule has 1 amide bonds. The van der Waals surface area contributed by atoms with Crippen molar-refractivity contribution in [2.45, 2.75) is 6.04 Å². The normalized spacial score (nSPS) is 10.9. The topological polar surface area (TPSA) is 117 Å². The van der Waals surface area contributed by atoms with Crippen LogP contribution in [0.1, 0.15) is 10.4 Å². The van der Waals surface area contributed by atoms with E-state index in [1.165, 1.54) is 12.3 Å². The number of aliphatic hydroxyl groups is 2. The molecule has 10 heteroatoms. The number of nitrogens with zero attached hydrogens (tertiary/aromatic N) is 3. The first-order chi connectivity index (χ1) is 13.9. The van der Waals surface area contributed by atoms with Gasteiger partial charge in [-0.25, -0.2) is 4.39 Å². The second kappa shape index (κ2) is 8.91. The van der Waals surface area contributed by atoms with E-state index in [-0.39, 0.29) is 16.9 Å². The Bertz CT molecular complexity index is 1080. The summed E-state index contributed by atoms with van der Waals surface area (Å²) in [4.78, 5) is 29.2. The molecule has 8 nitrogen and oxygen atoms in total. The highest BCUT2D eigenvalue weighted by molar-refractivity contribution is 6.30. The fourth-order valence-electron chi connectivity index (χ4n) is 2.52. The van der Waals surface area contributed by atoms with Gasteiger partial charge in [-0.05, 0) is 18.2 Å². The number of benzene rings is 1. The number of hydrogen-bond acceptors (Lipinski definition) is 6. The number of aromatic nitrogens is 3. The van der Waals surface area contributed by atoms with Gasteiger partial charge in [0.15, 0.2) is 0 Å². The zero-order valence-corrected chi connectivity index (χ0v) is 15.7. The minimum atomic E-state index is -0.946. The Labute approximate surface area is 169 Å². The second-order valence-electron chi connectivity index (χ2n) is 6.06. The first kappa shape index (κ1) is 20.6. The van der Waals surface area contributed by atoms with Crippen LogP contribution in [0.2, 0.25) is 5.02 Å². The molecular weight excluding hydrogens is 403 g/mol. The van der Waals surface area contributed by atoms with E-state index in [0.717, 1.165) is 16.9 Å². The van der Waals surface area contributed by atoms with E-state index in [1.54, 1.807) is 24.3 Å². The average molecular weight is 419 g/mol. The Kier molecular flexibility index (Phi) is 6.32. The minimum absolute atomic E-state index is 0.0285. The van der Waals surface area contributed by atoms with Crippen LogP contribution in [-0.4, -0.2) is 50.1 Å². The summed E-state index contributed by atoms with van der Waals surface area (Å²) >= 11 is 5.90. The van der Waals surface area contributed by atoms with E-state index in [4.69, 9.17) is 11.6 Å². The van der Waals surface area contributed by atoms with Crippen molar-refractivity contribution < 1.29 is 19.4 Å². The highest BCUT2D eigenvalue weighted by Gasteiger charge is 2.20. The van der Waals surface area contributed by atoms with Gasteiger partial charge in [-0.1, -0.05) is 23.7 Å². The Morgan fingerprint density at radius 3 is 2.48 bits per heavy atom. The lowest BCUT2D eigenvalue weighted by molar-refractivity contribution is 0.0877. The number of carbonyl (C=O) groups is 1. The lowest BCUT2D eigenvalue weighted by Gasteiger charge is -2.15. The van der Waals surface area contributed by atoms with Crippen LogP contribution in [-0.2, 0) is 0 Å². The van der Waals surface area contributed by atoms with E-state index < -0.39 is 36.5 Å². The molecule has 3 N–H and O–H groups in total. The molecule has 29 heavy (non-hydrogen) atoms. The number of aliphatic hydroxyl groups excluding tert-OH is 2. The van der Waals surface area contributed by atoms with Gasteiger partial charge in [-0.15, -0.1) is 0 Å². The lowest BCUT2D eigenvalue weighted by Crippen LogP contribution is -2.43. The zero-order valence-electron chi connectivity index (χ0n) is 14.9. The largest absolute Gasteiger partial charge is 0.394 e. The average Bonchev–Trinajstić information content (AvgIpc) is 2.72. The van der Waals surface area contributed by atoms with Gasteiger partial charge in [-0.3, -0.25) is 14.6 Å². The van der Waals surface area contributed by atoms with E-state index in [9.17, 15) is 24.2 Å². The van der Waals surface area contributed by atoms with Crippen LogP contribution >= 0.6 is 11.6 Å². The standard InChI is InChI=1S/C19H16ClFN4O4/c20-12-3-1-11(2-4-12)17-6-16(18(28)23-14(9-26)10-27)19(29)25(24-17)15-5-13(21)7-22-8-15/h1-8,14,26-27H,9-10H2,(H,23,28). The minimum Gasteiger partial charge on any atom is -0.394 e. The van der Waals surface area contributed by atoms with Crippen molar-refractivity contribution in [1.82, 2.24) is 20.1 Å². The molecule has 0 atom stereocenters. The summed E-state index contributed by atoms with van der Waals surface area (Å²) in [6.45, 7) is -1.03. The Morgan fingerprint density at radius 1 is 1.17 bits per heavy atom. The predicted molar refractivity (Wildman–Crippen MR) is 103 cm³/mol. The third-order valence-electron chi connectivity index (χ3n) is 4.01. The lowest BCUT2D eigenvalue weighted by atomic mass is 10.1. The van der Waals surface area contributed by atoms with Crippen molar-refractivity contribution in [3.8, 4) is 16.9 Å². The Hall–Kier alpha value is -3.14. The molecule has 1 aromatic carbocycles. The second-order valence-corrected chi connectivity index (χ2v) is 6.50. The van der Waals surface area contributed by atoms with Crippen LogP contribution in [0.15, 0.2) is 53.6 Å². The van der Waals surface area contributed by atoms with Gasteiger partial charge in [0.05, 0.1) is 43.0 Å². The number of carbonyl (C=O) groups excluding carboxylic acids is 1. The van der Waals surface area contributed by atoms with Gasteiger partial charge in [-0.2, -0.15) is 9.78 Å². The van der Waals surface area contributed by atoms with Crippen LogP contribution in [0.25, 0.3) is 16.9 Å². The fraction of sp³-hybridized carbons (Fsp3) is 0.158.